The molecule has 1 amide bonds. The van der Waals surface area contributed by atoms with E-state index in [2.05, 4.69) is 10.1 Å². The molecule has 0 spiro atoms. The summed E-state index contributed by atoms with van der Waals surface area (Å²) in [5, 5.41) is 12.7. The lowest BCUT2D eigenvalue weighted by molar-refractivity contribution is -0.384. The van der Waals surface area contributed by atoms with Gasteiger partial charge in [-0.05, 0) is 13.0 Å². The number of hydrogen-bond acceptors (Lipinski definition) is 5. The third-order valence-corrected chi connectivity index (χ3v) is 2.32. The molecular weight excluding hydrogens is 295 g/mol. The zero-order chi connectivity index (χ0) is 16.5. The summed E-state index contributed by atoms with van der Waals surface area (Å²) < 4.78 is 18.0. The summed E-state index contributed by atoms with van der Waals surface area (Å²) >= 11 is 0. The van der Waals surface area contributed by atoms with Crippen LogP contribution in [0.1, 0.15) is 6.92 Å². The quantitative estimate of drug-likeness (QED) is 0.286. The second-order valence-corrected chi connectivity index (χ2v) is 3.96. The Morgan fingerprint density at radius 2 is 2.14 bits per heavy atom. The molecule has 0 heterocycles. The number of amides is 1. The molecule has 0 aromatic heterocycles. The van der Waals surface area contributed by atoms with E-state index in [9.17, 15) is 24.1 Å². The maximum absolute atomic E-state index is 13.4. The smallest absolute Gasteiger partial charge is 0.331 e. The normalized spacial score (nSPS) is 10.8. The van der Waals surface area contributed by atoms with Gasteiger partial charge < -0.3 is 10.1 Å². The van der Waals surface area contributed by atoms with Crippen molar-refractivity contribution in [1.82, 2.24) is 0 Å². The molecule has 116 valence electrons. The van der Waals surface area contributed by atoms with E-state index in [0.29, 0.717) is 0 Å². The SMILES string of the molecule is CC=CC=CC(=O)OCC(=O)Nc1cc([N+](=O)[O-])ccc1F. The maximum Gasteiger partial charge on any atom is 0.331 e. The van der Waals surface area contributed by atoms with Crippen LogP contribution in [0.4, 0.5) is 15.8 Å². The van der Waals surface area contributed by atoms with E-state index in [4.69, 9.17) is 0 Å². The number of carbonyl (C=O) groups is 2. The average molecular weight is 308 g/mol. The molecule has 0 aliphatic heterocycles. The van der Waals surface area contributed by atoms with Gasteiger partial charge in [-0.3, -0.25) is 14.9 Å². The molecule has 0 saturated heterocycles. The van der Waals surface area contributed by atoms with Gasteiger partial charge >= 0.3 is 5.97 Å². The Kier molecular flexibility index (Phi) is 6.42. The van der Waals surface area contributed by atoms with Crippen molar-refractivity contribution in [3.63, 3.8) is 0 Å². The highest BCUT2D eigenvalue weighted by Crippen LogP contribution is 2.21. The molecule has 0 aliphatic carbocycles. The van der Waals surface area contributed by atoms with E-state index in [0.717, 1.165) is 24.3 Å². The molecule has 22 heavy (non-hydrogen) atoms. The fraction of sp³-hybridized carbons (Fsp3) is 0.143. The molecule has 0 saturated carbocycles. The van der Waals surface area contributed by atoms with Crippen molar-refractivity contribution in [2.45, 2.75) is 6.92 Å². The first-order chi connectivity index (χ1) is 10.4. The number of halogens is 1. The molecule has 8 heteroatoms. The van der Waals surface area contributed by atoms with Gasteiger partial charge in [-0.1, -0.05) is 18.2 Å². The molecule has 1 N–H and O–H groups in total. The first-order valence-electron chi connectivity index (χ1n) is 6.14. The van der Waals surface area contributed by atoms with Crippen LogP contribution in [-0.2, 0) is 14.3 Å². The number of anilines is 1. The standard InChI is InChI=1S/C14H13FN2O5/c1-2-3-4-5-14(19)22-9-13(18)16-12-8-10(17(20)21)6-7-11(12)15/h2-8H,9H2,1H3,(H,16,18). The number of ether oxygens (including phenoxy) is 1. The number of esters is 1. The number of nitrogens with one attached hydrogen (secondary N) is 1. The third-order valence-electron chi connectivity index (χ3n) is 2.32. The Bertz CT molecular complexity index is 640. The molecule has 0 radical (unpaired) electrons. The molecule has 0 bridgehead atoms. The molecule has 7 nitrogen and oxygen atoms in total. The average Bonchev–Trinajstić information content (AvgIpc) is 2.47. The number of nitro groups is 1. The molecule has 0 unspecified atom stereocenters. The van der Waals surface area contributed by atoms with E-state index in [1.165, 1.54) is 6.08 Å². The van der Waals surface area contributed by atoms with Crippen LogP contribution in [0.2, 0.25) is 0 Å². The van der Waals surface area contributed by atoms with Crippen LogP contribution in [0, 0.1) is 15.9 Å². The summed E-state index contributed by atoms with van der Waals surface area (Å²) in [7, 11) is 0. The van der Waals surface area contributed by atoms with Gasteiger partial charge in [0.05, 0.1) is 10.6 Å². The monoisotopic (exact) mass is 308 g/mol. The molecule has 0 aliphatic rings. The molecule has 0 fully saturated rings. The molecule has 1 aromatic rings. The van der Waals surface area contributed by atoms with Crippen LogP contribution < -0.4 is 5.32 Å². The van der Waals surface area contributed by atoms with Crippen molar-refractivity contribution < 1.29 is 23.6 Å². The van der Waals surface area contributed by atoms with Gasteiger partial charge in [-0.25, -0.2) is 9.18 Å². The summed E-state index contributed by atoms with van der Waals surface area (Å²) in [5.41, 5.74) is -0.734. The Morgan fingerprint density at radius 1 is 1.41 bits per heavy atom. The Labute approximate surface area is 125 Å². The summed E-state index contributed by atoms with van der Waals surface area (Å²) in [4.78, 5) is 32.6. The summed E-state index contributed by atoms with van der Waals surface area (Å²) in [6.07, 6.45) is 5.84. The first-order valence-corrected chi connectivity index (χ1v) is 6.14. The van der Waals surface area contributed by atoms with E-state index in [1.54, 1.807) is 19.1 Å². The van der Waals surface area contributed by atoms with E-state index >= 15 is 0 Å². The van der Waals surface area contributed by atoms with Crippen molar-refractivity contribution in [2.75, 3.05) is 11.9 Å². The van der Waals surface area contributed by atoms with Crippen LogP contribution in [0.15, 0.2) is 42.5 Å². The first kappa shape index (κ1) is 17.0. The number of carbonyl (C=O) groups excluding carboxylic acids is 2. The number of benzene rings is 1. The van der Waals surface area contributed by atoms with Crippen LogP contribution >= 0.6 is 0 Å². The predicted octanol–water partition coefficient (Wildman–Crippen LogP) is 2.35. The third kappa shape index (κ3) is 5.53. The fourth-order valence-electron chi connectivity index (χ4n) is 1.34. The van der Waals surface area contributed by atoms with Crippen molar-refractivity contribution in [2.24, 2.45) is 0 Å². The Hall–Kier alpha value is -3.03. The lowest BCUT2D eigenvalue weighted by Crippen LogP contribution is -2.20. The summed E-state index contributed by atoms with van der Waals surface area (Å²) in [6, 6.07) is 2.71. The second-order valence-electron chi connectivity index (χ2n) is 3.96. The van der Waals surface area contributed by atoms with Crippen LogP contribution in [0.25, 0.3) is 0 Å². The lowest BCUT2D eigenvalue weighted by atomic mass is 10.2. The van der Waals surface area contributed by atoms with E-state index in [-0.39, 0.29) is 11.4 Å². The molecular formula is C14H13FN2O5. The molecule has 1 rings (SSSR count). The van der Waals surface area contributed by atoms with E-state index in [1.807, 2.05) is 0 Å². The predicted molar refractivity (Wildman–Crippen MR) is 76.6 cm³/mol. The van der Waals surface area contributed by atoms with Crippen molar-refractivity contribution in [1.29, 1.82) is 0 Å². The van der Waals surface area contributed by atoms with Crippen LogP contribution in [0.3, 0.4) is 0 Å². The lowest BCUT2D eigenvalue weighted by Gasteiger charge is -2.06. The van der Waals surface area contributed by atoms with Gasteiger partial charge in [-0.15, -0.1) is 0 Å². The Balaban J connectivity index is 2.60. The highest BCUT2D eigenvalue weighted by molar-refractivity contribution is 5.94. The van der Waals surface area contributed by atoms with E-state index < -0.39 is 29.2 Å². The van der Waals surface area contributed by atoms with Crippen LogP contribution in [-0.4, -0.2) is 23.4 Å². The number of hydrogen-bond donors (Lipinski definition) is 1. The van der Waals surface area contributed by atoms with Crippen molar-refractivity contribution in [3.8, 4) is 0 Å². The minimum Gasteiger partial charge on any atom is -0.452 e. The maximum atomic E-state index is 13.4. The van der Waals surface area contributed by atoms with Crippen LogP contribution in [0.5, 0.6) is 0 Å². The van der Waals surface area contributed by atoms with Gasteiger partial charge in [-0.2, -0.15) is 0 Å². The topological polar surface area (TPSA) is 98.5 Å². The Morgan fingerprint density at radius 3 is 2.77 bits per heavy atom. The zero-order valence-electron chi connectivity index (χ0n) is 11.6. The number of non-ortho nitro benzene ring substituents is 1. The highest BCUT2D eigenvalue weighted by Gasteiger charge is 2.13. The minimum atomic E-state index is -0.835. The number of allylic oxidation sites excluding steroid dienone is 3. The minimum absolute atomic E-state index is 0.361. The summed E-state index contributed by atoms with van der Waals surface area (Å²) in [5.74, 6) is -2.39. The zero-order valence-corrected chi connectivity index (χ0v) is 11.6. The van der Waals surface area contributed by atoms with Gasteiger partial charge in [0.25, 0.3) is 11.6 Å². The largest absolute Gasteiger partial charge is 0.452 e. The van der Waals surface area contributed by atoms with Gasteiger partial charge in [0.1, 0.15) is 5.82 Å². The number of nitro benzene ring substituents is 1. The molecule has 0 atom stereocenters. The van der Waals surface area contributed by atoms with Crippen molar-refractivity contribution in [3.05, 3.63) is 58.4 Å². The molecule has 1 aromatic carbocycles. The number of nitrogens with zero attached hydrogens (tertiary/aromatic N) is 1. The van der Waals surface area contributed by atoms with Gasteiger partial charge in [0.15, 0.2) is 6.61 Å². The fourth-order valence-corrected chi connectivity index (χ4v) is 1.34. The summed E-state index contributed by atoms with van der Waals surface area (Å²) in [6.45, 7) is 1.12. The van der Waals surface area contributed by atoms with Gasteiger partial charge in [0, 0.05) is 18.2 Å². The highest BCUT2D eigenvalue weighted by atomic mass is 19.1. The number of rotatable bonds is 6. The van der Waals surface area contributed by atoms with Crippen molar-refractivity contribution >= 4 is 23.3 Å². The second kappa shape index (κ2) is 8.30. The van der Waals surface area contributed by atoms with Gasteiger partial charge in [0.2, 0.25) is 0 Å².